The number of likely N-dealkylation sites (tertiary alicyclic amines) is 1. The van der Waals surface area contributed by atoms with E-state index in [-0.39, 0.29) is 5.91 Å². The number of rotatable bonds is 4. The maximum atomic E-state index is 12.0. The van der Waals surface area contributed by atoms with E-state index in [2.05, 4.69) is 45.0 Å². The van der Waals surface area contributed by atoms with Crippen molar-refractivity contribution in [3.05, 3.63) is 29.1 Å². The number of hydrogen-bond acceptors (Lipinski definition) is 3. The smallest absolute Gasteiger partial charge is 0.222 e. The molecule has 0 aromatic carbocycles. The van der Waals surface area contributed by atoms with E-state index in [1.165, 1.54) is 5.56 Å². The summed E-state index contributed by atoms with van der Waals surface area (Å²) in [5.74, 6) is 0.992. The van der Waals surface area contributed by atoms with Crippen LogP contribution in [0, 0.1) is 0 Å². The van der Waals surface area contributed by atoms with Gasteiger partial charge >= 0.3 is 0 Å². The topological polar surface area (TPSA) is 36.4 Å². The fourth-order valence-electron chi connectivity index (χ4n) is 2.86. The average molecular weight is 289 g/mol. The summed E-state index contributed by atoms with van der Waals surface area (Å²) in [5, 5.41) is 0. The molecule has 0 spiro atoms. The zero-order valence-corrected chi connectivity index (χ0v) is 13.9. The predicted molar refractivity (Wildman–Crippen MR) is 85.3 cm³/mol. The van der Waals surface area contributed by atoms with Crippen molar-refractivity contribution < 1.29 is 4.79 Å². The van der Waals surface area contributed by atoms with Gasteiger partial charge in [-0.25, -0.2) is 0 Å². The molecule has 1 aliphatic rings. The molecule has 1 amide bonds. The summed E-state index contributed by atoms with van der Waals surface area (Å²) in [7, 11) is 6.01. The molecule has 1 aliphatic heterocycles. The van der Waals surface area contributed by atoms with E-state index in [1.54, 1.807) is 0 Å². The lowest BCUT2D eigenvalue weighted by atomic mass is 9.87. The van der Waals surface area contributed by atoms with Crippen LogP contribution in [-0.4, -0.2) is 48.4 Å². The molecule has 1 saturated heterocycles. The Morgan fingerprint density at radius 1 is 1.38 bits per heavy atom. The van der Waals surface area contributed by atoms with Crippen LogP contribution < -0.4 is 0 Å². The van der Waals surface area contributed by atoms with Gasteiger partial charge in [-0.3, -0.25) is 9.78 Å². The van der Waals surface area contributed by atoms with E-state index < -0.39 is 0 Å². The average Bonchev–Trinajstić information content (AvgIpc) is 2.41. The summed E-state index contributed by atoms with van der Waals surface area (Å²) in [6.07, 6.45) is 1.64. The largest absolute Gasteiger partial charge is 0.346 e. The van der Waals surface area contributed by atoms with Crippen molar-refractivity contribution in [3.8, 4) is 0 Å². The quantitative estimate of drug-likeness (QED) is 0.855. The monoisotopic (exact) mass is 289 g/mol. The van der Waals surface area contributed by atoms with Crippen molar-refractivity contribution in [2.45, 2.75) is 45.1 Å². The van der Waals surface area contributed by atoms with Crippen LogP contribution in [-0.2, 0) is 11.3 Å². The first-order valence-electron chi connectivity index (χ1n) is 7.77. The van der Waals surface area contributed by atoms with Gasteiger partial charge in [-0.2, -0.15) is 0 Å². The van der Waals surface area contributed by atoms with Crippen molar-refractivity contribution in [1.82, 2.24) is 14.8 Å². The van der Waals surface area contributed by atoms with E-state index in [0.29, 0.717) is 18.3 Å². The molecule has 116 valence electrons. The Bertz CT molecular complexity index is 511. The maximum Gasteiger partial charge on any atom is 0.222 e. The highest BCUT2D eigenvalue weighted by atomic mass is 16.2. The van der Waals surface area contributed by atoms with Crippen LogP contribution in [0.4, 0.5) is 0 Å². The maximum absolute atomic E-state index is 12.0. The summed E-state index contributed by atoms with van der Waals surface area (Å²) in [4.78, 5) is 20.8. The SMILES string of the molecule is CC(C)c1ccc([C@H]2CCN(C)C(=O)C2)c(CN(C)C)n1. The zero-order chi connectivity index (χ0) is 15.6. The number of carbonyl (C=O) groups is 1. The molecule has 2 rings (SSSR count). The molecule has 0 radical (unpaired) electrons. The lowest BCUT2D eigenvalue weighted by Crippen LogP contribution is -2.35. The van der Waals surface area contributed by atoms with Crippen molar-refractivity contribution in [2.24, 2.45) is 0 Å². The summed E-state index contributed by atoms with van der Waals surface area (Å²) in [5.41, 5.74) is 3.53. The molecule has 0 unspecified atom stereocenters. The van der Waals surface area contributed by atoms with Crippen molar-refractivity contribution >= 4 is 5.91 Å². The predicted octanol–water partition coefficient (Wildman–Crippen LogP) is 2.60. The third-order valence-corrected chi connectivity index (χ3v) is 4.19. The Balaban J connectivity index is 2.31. The minimum atomic E-state index is 0.245. The van der Waals surface area contributed by atoms with Gasteiger partial charge in [0.1, 0.15) is 0 Å². The van der Waals surface area contributed by atoms with Gasteiger partial charge < -0.3 is 9.80 Å². The van der Waals surface area contributed by atoms with Crippen molar-refractivity contribution in [1.29, 1.82) is 0 Å². The van der Waals surface area contributed by atoms with Gasteiger partial charge in [-0.15, -0.1) is 0 Å². The van der Waals surface area contributed by atoms with Crippen LogP contribution in [0.5, 0.6) is 0 Å². The highest BCUT2D eigenvalue weighted by Gasteiger charge is 2.27. The second-order valence-electron chi connectivity index (χ2n) is 6.67. The number of pyridine rings is 1. The van der Waals surface area contributed by atoms with Gasteiger partial charge in [0.15, 0.2) is 0 Å². The van der Waals surface area contributed by atoms with Crippen LogP contribution >= 0.6 is 0 Å². The molecular weight excluding hydrogens is 262 g/mol. The molecule has 2 heterocycles. The fraction of sp³-hybridized carbons (Fsp3) is 0.647. The Labute approximate surface area is 128 Å². The van der Waals surface area contributed by atoms with Gasteiger partial charge in [0, 0.05) is 32.3 Å². The third kappa shape index (κ3) is 3.82. The van der Waals surface area contributed by atoms with E-state index in [0.717, 1.165) is 30.9 Å². The number of amides is 1. The van der Waals surface area contributed by atoms with Crippen molar-refractivity contribution in [3.63, 3.8) is 0 Å². The van der Waals surface area contributed by atoms with E-state index in [1.807, 2.05) is 11.9 Å². The van der Waals surface area contributed by atoms with E-state index >= 15 is 0 Å². The molecule has 4 nitrogen and oxygen atoms in total. The molecule has 4 heteroatoms. The fourth-order valence-corrected chi connectivity index (χ4v) is 2.86. The van der Waals surface area contributed by atoms with Gasteiger partial charge in [-0.05, 0) is 44.0 Å². The first kappa shape index (κ1) is 16.0. The van der Waals surface area contributed by atoms with Gasteiger partial charge in [-0.1, -0.05) is 19.9 Å². The zero-order valence-electron chi connectivity index (χ0n) is 13.9. The number of nitrogens with zero attached hydrogens (tertiary/aromatic N) is 3. The Morgan fingerprint density at radius 2 is 2.10 bits per heavy atom. The van der Waals surface area contributed by atoms with E-state index in [9.17, 15) is 4.79 Å². The van der Waals surface area contributed by atoms with Crippen LogP contribution in [0.25, 0.3) is 0 Å². The van der Waals surface area contributed by atoms with Crippen LogP contribution in [0.15, 0.2) is 12.1 Å². The molecule has 1 fully saturated rings. The number of hydrogen-bond donors (Lipinski definition) is 0. The first-order chi connectivity index (χ1) is 9.88. The highest BCUT2D eigenvalue weighted by molar-refractivity contribution is 5.77. The van der Waals surface area contributed by atoms with Gasteiger partial charge in [0.25, 0.3) is 0 Å². The molecule has 21 heavy (non-hydrogen) atoms. The normalized spacial score (nSPS) is 19.7. The molecule has 1 aromatic rings. The Hall–Kier alpha value is -1.42. The summed E-state index contributed by atoms with van der Waals surface area (Å²) >= 11 is 0. The number of aromatic nitrogens is 1. The summed E-state index contributed by atoms with van der Waals surface area (Å²) < 4.78 is 0. The first-order valence-corrected chi connectivity index (χ1v) is 7.77. The summed E-state index contributed by atoms with van der Waals surface area (Å²) in [6.45, 7) is 6.01. The Morgan fingerprint density at radius 3 is 2.67 bits per heavy atom. The Kier molecular flexibility index (Phi) is 4.99. The molecular formula is C17H27N3O. The molecule has 0 bridgehead atoms. The summed E-state index contributed by atoms with van der Waals surface area (Å²) in [6, 6.07) is 4.33. The molecule has 1 atom stereocenters. The highest BCUT2D eigenvalue weighted by Crippen LogP contribution is 2.31. The molecule has 0 N–H and O–H groups in total. The molecule has 0 aliphatic carbocycles. The third-order valence-electron chi connectivity index (χ3n) is 4.19. The van der Waals surface area contributed by atoms with Crippen LogP contribution in [0.3, 0.4) is 0 Å². The standard InChI is InChI=1S/C17H27N3O/c1-12(2)15-7-6-14(16(18-15)11-19(3)4)13-8-9-20(5)17(21)10-13/h6-7,12-13H,8-11H2,1-5H3/t13-/m0/s1. The molecule has 1 aromatic heterocycles. The number of piperidine rings is 1. The molecule has 0 saturated carbocycles. The minimum Gasteiger partial charge on any atom is -0.346 e. The van der Waals surface area contributed by atoms with Gasteiger partial charge in [0.2, 0.25) is 5.91 Å². The second kappa shape index (κ2) is 6.56. The van der Waals surface area contributed by atoms with E-state index in [4.69, 9.17) is 4.98 Å². The minimum absolute atomic E-state index is 0.245. The number of carbonyl (C=O) groups excluding carboxylic acids is 1. The van der Waals surface area contributed by atoms with Crippen molar-refractivity contribution in [2.75, 3.05) is 27.7 Å². The lowest BCUT2D eigenvalue weighted by molar-refractivity contribution is -0.132. The van der Waals surface area contributed by atoms with Crippen LogP contribution in [0.2, 0.25) is 0 Å². The second-order valence-corrected chi connectivity index (χ2v) is 6.67. The van der Waals surface area contributed by atoms with Gasteiger partial charge in [0.05, 0.1) is 5.69 Å². The lowest BCUT2D eigenvalue weighted by Gasteiger charge is -2.30. The van der Waals surface area contributed by atoms with Crippen LogP contribution in [0.1, 0.15) is 55.5 Å².